The van der Waals surface area contributed by atoms with Crippen LogP contribution in [0.15, 0.2) is 23.2 Å². The number of halogens is 2. The van der Waals surface area contributed by atoms with Gasteiger partial charge in [0.1, 0.15) is 11.6 Å². The first-order valence-electron chi connectivity index (χ1n) is 5.41. The summed E-state index contributed by atoms with van der Waals surface area (Å²) in [5.41, 5.74) is 0.491. The van der Waals surface area contributed by atoms with Crippen molar-refractivity contribution in [3.8, 4) is 0 Å². The average Bonchev–Trinajstić information content (AvgIpc) is 2.30. The van der Waals surface area contributed by atoms with Gasteiger partial charge in [0.15, 0.2) is 5.96 Å². The van der Waals surface area contributed by atoms with Gasteiger partial charge in [-0.3, -0.25) is 4.99 Å². The summed E-state index contributed by atoms with van der Waals surface area (Å²) in [7, 11) is 3.40. The van der Waals surface area contributed by atoms with E-state index in [-0.39, 0.29) is 5.92 Å². The van der Waals surface area contributed by atoms with Crippen molar-refractivity contribution in [1.82, 2.24) is 10.6 Å². The van der Waals surface area contributed by atoms with Gasteiger partial charge in [0.25, 0.3) is 0 Å². The summed E-state index contributed by atoms with van der Waals surface area (Å²) in [6.07, 6.45) is 0. The zero-order valence-electron chi connectivity index (χ0n) is 10.2. The molecule has 1 aromatic rings. The largest absolute Gasteiger partial charge is 0.359 e. The molecule has 2 N–H and O–H groups in total. The Kier molecular flexibility index (Phi) is 4.87. The minimum atomic E-state index is -0.558. The van der Waals surface area contributed by atoms with Crippen LogP contribution in [0, 0.1) is 11.6 Å². The van der Waals surface area contributed by atoms with Crippen molar-refractivity contribution < 1.29 is 8.78 Å². The minimum absolute atomic E-state index is 0.0688. The fourth-order valence-corrected chi connectivity index (χ4v) is 1.54. The molecule has 94 valence electrons. The van der Waals surface area contributed by atoms with E-state index in [1.54, 1.807) is 14.1 Å². The Labute approximate surface area is 99.9 Å². The molecule has 0 bridgehead atoms. The number of rotatable bonds is 3. The topological polar surface area (TPSA) is 36.4 Å². The Morgan fingerprint density at radius 2 is 2.12 bits per heavy atom. The maximum absolute atomic E-state index is 13.5. The molecular weight excluding hydrogens is 224 g/mol. The maximum Gasteiger partial charge on any atom is 0.190 e. The monoisotopic (exact) mass is 241 g/mol. The normalized spacial score (nSPS) is 13.4. The van der Waals surface area contributed by atoms with Gasteiger partial charge in [-0.2, -0.15) is 0 Å². The second kappa shape index (κ2) is 6.18. The highest BCUT2D eigenvalue weighted by Gasteiger charge is 2.11. The van der Waals surface area contributed by atoms with Gasteiger partial charge < -0.3 is 10.6 Å². The lowest BCUT2D eigenvalue weighted by Gasteiger charge is -2.15. The van der Waals surface area contributed by atoms with Gasteiger partial charge in [-0.25, -0.2) is 8.78 Å². The average molecular weight is 241 g/mol. The molecule has 1 rings (SSSR count). The lowest BCUT2D eigenvalue weighted by molar-refractivity contribution is 0.556. The number of guanidine groups is 1. The Bertz CT molecular complexity index is 405. The number of aliphatic imine (C=N–C) groups is 1. The first-order chi connectivity index (χ1) is 8.08. The van der Waals surface area contributed by atoms with E-state index in [4.69, 9.17) is 0 Å². The van der Waals surface area contributed by atoms with E-state index in [9.17, 15) is 8.78 Å². The molecule has 0 aliphatic heterocycles. The standard InChI is InChI=1S/C12H17F2N3/c1-8(7-17-12(15-2)16-3)10-5-4-9(13)6-11(10)14/h4-6,8H,7H2,1-3H3,(H2,15,16,17). The predicted molar refractivity (Wildman–Crippen MR) is 65.2 cm³/mol. The minimum Gasteiger partial charge on any atom is -0.359 e. The molecule has 0 aromatic heterocycles. The summed E-state index contributed by atoms with van der Waals surface area (Å²) in [6.45, 7) is 2.39. The van der Waals surface area contributed by atoms with Gasteiger partial charge in [0.2, 0.25) is 0 Å². The molecule has 1 atom stereocenters. The summed E-state index contributed by atoms with van der Waals surface area (Å²) >= 11 is 0. The summed E-state index contributed by atoms with van der Waals surface area (Å²) in [5.74, 6) is -0.503. The predicted octanol–water partition coefficient (Wildman–Crippen LogP) is 1.86. The molecule has 1 unspecified atom stereocenters. The van der Waals surface area contributed by atoms with Crippen LogP contribution in [0.5, 0.6) is 0 Å². The van der Waals surface area contributed by atoms with Gasteiger partial charge in [0, 0.05) is 32.6 Å². The molecule has 1 aromatic carbocycles. The number of nitrogens with one attached hydrogen (secondary N) is 2. The van der Waals surface area contributed by atoms with Gasteiger partial charge in [-0.15, -0.1) is 0 Å². The van der Waals surface area contributed by atoms with Crippen LogP contribution in [-0.2, 0) is 0 Å². The molecule has 0 saturated carbocycles. The lowest BCUT2D eigenvalue weighted by atomic mass is 10.0. The van der Waals surface area contributed by atoms with Crippen LogP contribution in [0.1, 0.15) is 18.4 Å². The highest BCUT2D eigenvalue weighted by Crippen LogP contribution is 2.18. The van der Waals surface area contributed by atoms with Gasteiger partial charge in [-0.1, -0.05) is 13.0 Å². The SMILES string of the molecule is CN=C(NC)NCC(C)c1ccc(F)cc1F. The molecule has 0 aliphatic carbocycles. The van der Waals surface area contributed by atoms with E-state index < -0.39 is 11.6 Å². The van der Waals surface area contributed by atoms with Crippen molar-refractivity contribution in [3.05, 3.63) is 35.4 Å². The summed E-state index contributed by atoms with van der Waals surface area (Å²) in [4.78, 5) is 3.95. The third kappa shape index (κ3) is 3.69. The number of hydrogen-bond donors (Lipinski definition) is 2. The van der Waals surface area contributed by atoms with Crippen LogP contribution < -0.4 is 10.6 Å². The number of benzene rings is 1. The third-order valence-electron chi connectivity index (χ3n) is 2.53. The van der Waals surface area contributed by atoms with Crippen LogP contribution >= 0.6 is 0 Å². The van der Waals surface area contributed by atoms with Crippen LogP contribution in [0.25, 0.3) is 0 Å². The molecular formula is C12H17F2N3. The van der Waals surface area contributed by atoms with E-state index in [0.717, 1.165) is 6.07 Å². The molecule has 0 saturated heterocycles. The van der Waals surface area contributed by atoms with Crippen molar-refractivity contribution in [2.45, 2.75) is 12.8 Å². The molecule has 3 nitrogen and oxygen atoms in total. The summed E-state index contributed by atoms with van der Waals surface area (Å²) in [5, 5.41) is 5.91. The Hall–Kier alpha value is -1.65. The van der Waals surface area contributed by atoms with E-state index in [1.165, 1.54) is 12.1 Å². The Balaban J connectivity index is 2.67. The van der Waals surface area contributed by atoms with Crippen molar-refractivity contribution in [1.29, 1.82) is 0 Å². The Morgan fingerprint density at radius 1 is 1.41 bits per heavy atom. The highest BCUT2D eigenvalue weighted by atomic mass is 19.1. The van der Waals surface area contributed by atoms with E-state index in [2.05, 4.69) is 15.6 Å². The molecule has 17 heavy (non-hydrogen) atoms. The first kappa shape index (κ1) is 13.4. The van der Waals surface area contributed by atoms with E-state index in [0.29, 0.717) is 18.1 Å². The van der Waals surface area contributed by atoms with Crippen molar-refractivity contribution in [3.63, 3.8) is 0 Å². The lowest BCUT2D eigenvalue weighted by Crippen LogP contribution is -2.36. The second-order valence-electron chi connectivity index (χ2n) is 3.77. The van der Waals surface area contributed by atoms with Crippen molar-refractivity contribution >= 4 is 5.96 Å². The summed E-state index contributed by atoms with van der Waals surface area (Å²) < 4.78 is 26.2. The fraction of sp³-hybridized carbons (Fsp3) is 0.417. The number of hydrogen-bond acceptors (Lipinski definition) is 1. The second-order valence-corrected chi connectivity index (χ2v) is 3.77. The zero-order chi connectivity index (χ0) is 12.8. The smallest absolute Gasteiger partial charge is 0.190 e. The maximum atomic E-state index is 13.5. The Morgan fingerprint density at radius 3 is 2.65 bits per heavy atom. The molecule has 0 fully saturated rings. The molecule has 5 heteroatoms. The van der Waals surface area contributed by atoms with Crippen LogP contribution in [-0.4, -0.2) is 26.6 Å². The van der Waals surface area contributed by atoms with Crippen molar-refractivity contribution in [2.24, 2.45) is 4.99 Å². The van der Waals surface area contributed by atoms with Crippen LogP contribution in [0.3, 0.4) is 0 Å². The third-order valence-corrected chi connectivity index (χ3v) is 2.53. The van der Waals surface area contributed by atoms with Gasteiger partial charge >= 0.3 is 0 Å². The van der Waals surface area contributed by atoms with E-state index in [1.807, 2.05) is 6.92 Å². The zero-order valence-corrected chi connectivity index (χ0v) is 10.2. The summed E-state index contributed by atoms with van der Waals surface area (Å²) in [6, 6.07) is 3.64. The highest BCUT2D eigenvalue weighted by molar-refractivity contribution is 5.79. The molecule has 0 radical (unpaired) electrons. The van der Waals surface area contributed by atoms with Gasteiger partial charge in [0.05, 0.1) is 0 Å². The first-order valence-corrected chi connectivity index (χ1v) is 5.41. The van der Waals surface area contributed by atoms with Gasteiger partial charge in [-0.05, 0) is 11.6 Å². The van der Waals surface area contributed by atoms with Crippen molar-refractivity contribution in [2.75, 3.05) is 20.6 Å². The van der Waals surface area contributed by atoms with Crippen LogP contribution in [0.2, 0.25) is 0 Å². The number of nitrogens with zero attached hydrogens (tertiary/aromatic N) is 1. The molecule has 0 heterocycles. The quantitative estimate of drug-likeness (QED) is 0.626. The molecule has 0 spiro atoms. The fourth-order valence-electron chi connectivity index (χ4n) is 1.54. The molecule has 0 aliphatic rings. The van der Waals surface area contributed by atoms with E-state index >= 15 is 0 Å². The molecule has 0 amide bonds. The van der Waals surface area contributed by atoms with Crippen LogP contribution in [0.4, 0.5) is 8.78 Å².